The molecule has 1 saturated carbocycles. The topological polar surface area (TPSA) is 76.9 Å². The Hall–Kier alpha value is -1.89. The van der Waals surface area contributed by atoms with E-state index in [4.69, 9.17) is 0 Å². The number of rotatable bonds is 4. The zero-order valence-electron chi connectivity index (χ0n) is 11.4. The highest BCUT2D eigenvalue weighted by molar-refractivity contribution is 7.92. The van der Waals surface area contributed by atoms with Gasteiger partial charge < -0.3 is 0 Å². The molecule has 0 aliphatic heterocycles. The minimum Gasteiger partial charge on any atom is -0.260 e. The molecule has 0 bridgehead atoms. The number of nitrogens with one attached hydrogen (secondary N) is 1. The first-order chi connectivity index (χ1) is 9.49. The van der Waals surface area contributed by atoms with Crippen molar-refractivity contribution >= 4 is 15.8 Å². The van der Waals surface area contributed by atoms with Crippen LogP contribution in [0.5, 0.6) is 0 Å². The van der Waals surface area contributed by atoms with Gasteiger partial charge in [0, 0.05) is 7.05 Å². The Morgan fingerprint density at radius 3 is 2.60 bits per heavy atom. The summed E-state index contributed by atoms with van der Waals surface area (Å²) >= 11 is 0. The summed E-state index contributed by atoms with van der Waals surface area (Å²) in [7, 11) is -1.90. The third-order valence-electron chi connectivity index (χ3n) is 3.56. The zero-order valence-corrected chi connectivity index (χ0v) is 12.2. The maximum Gasteiger partial charge on any atom is 0.263 e. The molecule has 2 aromatic rings. The van der Waals surface area contributed by atoms with Gasteiger partial charge in [-0.15, -0.1) is 5.10 Å². The number of hydrogen-bond donors (Lipinski definition) is 1. The van der Waals surface area contributed by atoms with E-state index in [-0.39, 0.29) is 5.82 Å². The van der Waals surface area contributed by atoms with Crippen molar-refractivity contribution in [3.63, 3.8) is 0 Å². The van der Waals surface area contributed by atoms with Crippen molar-refractivity contribution < 1.29 is 8.42 Å². The Morgan fingerprint density at radius 1 is 1.30 bits per heavy atom. The van der Waals surface area contributed by atoms with E-state index in [1.165, 1.54) is 4.68 Å². The summed E-state index contributed by atoms with van der Waals surface area (Å²) in [5.74, 6) is 0.642. The number of benzene rings is 1. The molecule has 0 unspecified atom stereocenters. The number of aromatic nitrogens is 3. The second kappa shape index (κ2) is 4.59. The Kier molecular flexibility index (Phi) is 3.01. The largest absolute Gasteiger partial charge is 0.263 e. The van der Waals surface area contributed by atoms with E-state index < -0.39 is 10.0 Å². The molecule has 0 spiro atoms. The molecule has 3 rings (SSSR count). The van der Waals surface area contributed by atoms with Crippen molar-refractivity contribution in [1.29, 1.82) is 0 Å². The Bertz CT molecular complexity index is 747. The van der Waals surface area contributed by atoms with E-state index >= 15 is 0 Å². The van der Waals surface area contributed by atoms with E-state index in [1.54, 1.807) is 26.1 Å². The van der Waals surface area contributed by atoms with E-state index in [0.717, 1.165) is 18.4 Å². The van der Waals surface area contributed by atoms with Crippen molar-refractivity contribution in [2.45, 2.75) is 30.6 Å². The normalized spacial score (nSPS) is 15.3. The van der Waals surface area contributed by atoms with Gasteiger partial charge >= 0.3 is 0 Å². The van der Waals surface area contributed by atoms with Gasteiger partial charge in [0.15, 0.2) is 5.82 Å². The predicted molar refractivity (Wildman–Crippen MR) is 75.0 cm³/mol. The molecule has 1 aromatic heterocycles. The van der Waals surface area contributed by atoms with Gasteiger partial charge in [-0.2, -0.15) is 0 Å². The third kappa shape index (κ3) is 2.29. The molecule has 1 fully saturated rings. The molecule has 20 heavy (non-hydrogen) atoms. The molecule has 1 heterocycles. The summed E-state index contributed by atoms with van der Waals surface area (Å²) in [6.07, 6.45) is 2.10. The van der Waals surface area contributed by atoms with Crippen molar-refractivity contribution in [3.8, 4) is 0 Å². The Balaban J connectivity index is 1.98. The fourth-order valence-electron chi connectivity index (χ4n) is 2.14. The average molecular weight is 292 g/mol. The van der Waals surface area contributed by atoms with Crippen molar-refractivity contribution in [3.05, 3.63) is 35.5 Å². The molecule has 0 radical (unpaired) electrons. The van der Waals surface area contributed by atoms with Crippen LogP contribution in [-0.4, -0.2) is 23.4 Å². The quantitative estimate of drug-likeness (QED) is 0.932. The van der Waals surface area contributed by atoms with Gasteiger partial charge in [-0.1, -0.05) is 23.4 Å². The van der Waals surface area contributed by atoms with Gasteiger partial charge in [-0.05, 0) is 37.3 Å². The number of sulfonamides is 1. The van der Waals surface area contributed by atoms with E-state index in [2.05, 4.69) is 15.0 Å². The molecule has 7 heteroatoms. The molecule has 0 atom stereocenters. The summed E-state index contributed by atoms with van der Waals surface area (Å²) in [5.41, 5.74) is 1.57. The van der Waals surface area contributed by atoms with E-state index in [9.17, 15) is 8.42 Å². The minimum absolute atomic E-state index is 0.276. The van der Waals surface area contributed by atoms with Crippen LogP contribution in [-0.2, 0) is 17.1 Å². The summed E-state index contributed by atoms with van der Waals surface area (Å²) in [6.45, 7) is 1.77. The fourth-order valence-corrected chi connectivity index (χ4v) is 3.49. The standard InChI is InChI=1S/C13H16N4O2S/c1-9-13(14-16-17(9)2)15-20(18,19)12-6-4-3-5-11(12)10-7-8-10/h3-6,10,15H,7-8H2,1-2H3. The number of hydrogen-bond acceptors (Lipinski definition) is 4. The van der Waals surface area contributed by atoms with Gasteiger partial charge in [0.25, 0.3) is 10.0 Å². The Labute approximate surface area is 117 Å². The lowest BCUT2D eigenvalue weighted by atomic mass is 10.1. The molecule has 0 saturated heterocycles. The lowest BCUT2D eigenvalue weighted by molar-refractivity contribution is 0.600. The van der Waals surface area contributed by atoms with Gasteiger partial charge in [0.1, 0.15) is 0 Å². The van der Waals surface area contributed by atoms with Crippen LogP contribution in [0, 0.1) is 6.92 Å². The molecule has 1 aliphatic rings. The minimum atomic E-state index is -3.62. The second-order valence-corrected chi connectivity index (χ2v) is 6.72. The zero-order chi connectivity index (χ0) is 14.3. The first kappa shape index (κ1) is 13.1. The first-order valence-electron chi connectivity index (χ1n) is 6.47. The summed E-state index contributed by atoms with van der Waals surface area (Å²) in [4.78, 5) is 0.340. The number of nitrogens with zero attached hydrogens (tertiary/aromatic N) is 3. The molecule has 0 amide bonds. The molecule has 1 N–H and O–H groups in total. The number of anilines is 1. The fraction of sp³-hybridized carbons (Fsp3) is 0.385. The van der Waals surface area contributed by atoms with Crippen LogP contribution in [0.2, 0.25) is 0 Å². The summed E-state index contributed by atoms with van der Waals surface area (Å²) in [6, 6.07) is 7.14. The molecular formula is C13H16N4O2S. The van der Waals surface area contributed by atoms with Crippen LogP contribution in [0.15, 0.2) is 29.2 Å². The second-order valence-electron chi connectivity index (χ2n) is 5.06. The van der Waals surface area contributed by atoms with Crippen molar-refractivity contribution in [1.82, 2.24) is 15.0 Å². The van der Waals surface area contributed by atoms with E-state index in [1.807, 2.05) is 12.1 Å². The van der Waals surface area contributed by atoms with Crippen LogP contribution in [0.25, 0.3) is 0 Å². The highest BCUT2D eigenvalue weighted by Gasteiger charge is 2.30. The Morgan fingerprint density at radius 2 is 2.00 bits per heavy atom. The molecule has 106 valence electrons. The lowest BCUT2D eigenvalue weighted by Gasteiger charge is -2.10. The van der Waals surface area contributed by atoms with Gasteiger partial charge in [0.05, 0.1) is 10.6 Å². The molecule has 1 aromatic carbocycles. The predicted octanol–water partition coefficient (Wildman–Crippen LogP) is 1.80. The third-order valence-corrected chi connectivity index (χ3v) is 4.98. The van der Waals surface area contributed by atoms with E-state index in [0.29, 0.717) is 16.5 Å². The lowest BCUT2D eigenvalue weighted by Crippen LogP contribution is -2.16. The van der Waals surface area contributed by atoms with Crippen LogP contribution >= 0.6 is 0 Å². The molecule has 1 aliphatic carbocycles. The first-order valence-corrected chi connectivity index (χ1v) is 7.95. The number of aryl methyl sites for hydroxylation is 1. The highest BCUT2D eigenvalue weighted by atomic mass is 32.2. The molecule has 6 nitrogen and oxygen atoms in total. The van der Waals surface area contributed by atoms with Gasteiger partial charge in [-0.3, -0.25) is 9.40 Å². The van der Waals surface area contributed by atoms with Crippen molar-refractivity contribution in [2.24, 2.45) is 7.05 Å². The van der Waals surface area contributed by atoms with Crippen LogP contribution in [0.3, 0.4) is 0 Å². The monoisotopic (exact) mass is 292 g/mol. The maximum absolute atomic E-state index is 12.5. The summed E-state index contributed by atoms with van der Waals surface area (Å²) < 4.78 is 29.1. The van der Waals surface area contributed by atoms with Gasteiger partial charge in [0.2, 0.25) is 0 Å². The molecular weight excluding hydrogens is 276 g/mol. The smallest absolute Gasteiger partial charge is 0.260 e. The van der Waals surface area contributed by atoms with Gasteiger partial charge in [-0.25, -0.2) is 8.42 Å². The average Bonchev–Trinajstić information content (AvgIpc) is 3.22. The van der Waals surface area contributed by atoms with Crippen molar-refractivity contribution in [2.75, 3.05) is 4.72 Å². The maximum atomic E-state index is 12.5. The van der Waals surface area contributed by atoms with Crippen LogP contribution in [0.1, 0.15) is 30.0 Å². The van der Waals surface area contributed by atoms with Crippen LogP contribution < -0.4 is 4.72 Å². The summed E-state index contributed by atoms with van der Waals surface area (Å²) in [5, 5.41) is 7.64. The van der Waals surface area contributed by atoms with Crippen LogP contribution in [0.4, 0.5) is 5.82 Å². The highest BCUT2D eigenvalue weighted by Crippen LogP contribution is 2.42. The SMILES string of the molecule is Cc1c(NS(=O)(=O)c2ccccc2C2CC2)nnn1C.